The molecule has 3 amide bonds. The molecule has 3 saturated heterocycles. The average molecular weight is 707 g/mol. The summed E-state index contributed by atoms with van der Waals surface area (Å²) in [6.07, 6.45) is 3.81. The van der Waals surface area contributed by atoms with Gasteiger partial charge in [-0.2, -0.15) is 0 Å². The topological polar surface area (TPSA) is 90.4 Å². The molecule has 0 aromatic heterocycles. The number of aliphatic hydroxyl groups is 1. The van der Waals surface area contributed by atoms with E-state index < -0.39 is 47.8 Å². The Labute approximate surface area is 287 Å². The second kappa shape index (κ2) is 13.3. The van der Waals surface area contributed by atoms with Crippen molar-refractivity contribution in [3.8, 4) is 0 Å². The second-order valence-electron chi connectivity index (χ2n) is 14.9. The third-order valence-electron chi connectivity index (χ3n) is 9.86. The van der Waals surface area contributed by atoms with Gasteiger partial charge in [-0.15, -0.1) is 13.2 Å². The molecular formula is C38H48BrN3O5. The van der Waals surface area contributed by atoms with E-state index in [0.29, 0.717) is 24.1 Å². The van der Waals surface area contributed by atoms with Crippen molar-refractivity contribution in [2.75, 3.05) is 24.6 Å². The van der Waals surface area contributed by atoms with Crippen LogP contribution < -0.4 is 4.90 Å². The van der Waals surface area contributed by atoms with Gasteiger partial charge in [-0.25, -0.2) is 0 Å². The summed E-state index contributed by atoms with van der Waals surface area (Å²) in [6.45, 7) is 18.4. The van der Waals surface area contributed by atoms with Crippen molar-refractivity contribution in [2.45, 2.75) is 81.6 Å². The van der Waals surface area contributed by atoms with Crippen molar-refractivity contribution in [1.82, 2.24) is 9.80 Å². The molecule has 3 aliphatic rings. The maximum Gasteiger partial charge on any atom is 0.249 e. The van der Waals surface area contributed by atoms with Gasteiger partial charge in [0.15, 0.2) is 0 Å². The average Bonchev–Trinajstić information content (AvgIpc) is 3.61. The molecule has 0 saturated carbocycles. The molecule has 0 radical (unpaired) electrons. The van der Waals surface area contributed by atoms with E-state index in [1.807, 2.05) is 74.5 Å². The summed E-state index contributed by atoms with van der Waals surface area (Å²) in [6, 6.07) is 16.7. The Balaban J connectivity index is 1.67. The summed E-state index contributed by atoms with van der Waals surface area (Å²) in [5.74, 6) is -2.66. The Bertz CT molecular complexity index is 1490. The van der Waals surface area contributed by atoms with Gasteiger partial charge in [0.1, 0.15) is 11.6 Å². The monoisotopic (exact) mass is 705 g/mol. The predicted molar refractivity (Wildman–Crippen MR) is 188 cm³/mol. The molecule has 2 aromatic rings. The molecular weight excluding hydrogens is 658 g/mol. The Kier molecular flexibility index (Phi) is 9.94. The van der Waals surface area contributed by atoms with Gasteiger partial charge in [-0.05, 0) is 49.8 Å². The molecule has 3 heterocycles. The molecule has 3 fully saturated rings. The van der Waals surface area contributed by atoms with E-state index in [1.54, 1.807) is 22.0 Å². The number of benzene rings is 2. The number of alkyl halides is 1. The molecule has 3 aliphatic heterocycles. The molecule has 1 spiro atoms. The lowest BCUT2D eigenvalue weighted by Gasteiger charge is -2.46. The summed E-state index contributed by atoms with van der Waals surface area (Å²) in [4.78, 5) is 49.6. The zero-order valence-corrected chi connectivity index (χ0v) is 29.7. The van der Waals surface area contributed by atoms with Crippen LogP contribution in [-0.2, 0) is 19.1 Å². The number of hydrogen-bond donors (Lipinski definition) is 1. The maximum atomic E-state index is 15.2. The molecule has 0 aliphatic carbocycles. The quantitative estimate of drug-likeness (QED) is 0.219. The summed E-state index contributed by atoms with van der Waals surface area (Å²) in [5, 5.41) is 10.9. The molecule has 8 nitrogen and oxygen atoms in total. The first-order chi connectivity index (χ1) is 22.2. The van der Waals surface area contributed by atoms with Gasteiger partial charge in [0.25, 0.3) is 0 Å². The standard InChI is InChI=1S/C38H48BrN3O5/c1-8-20-40(26-18-14-11-15-19-26)33(44)29-30-34(45)42(28(23-43)25-16-12-10-13-17-25)32(38(30)22-27(39)31(29)47-38)35(46)41(21-9-2)37(6,7)24-36(3,4)5/h8-19,27-32,43H,1-2,20-24H2,3-7H3/t27?,28-,29-,30+,31-,32?,38?/m1/s1. The lowest BCUT2D eigenvalue weighted by Crippen LogP contribution is -2.61. The maximum absolute atomic E-state index is 15.2. The van der Waals surface area contributed by atoms with Crippen LogP contribution in [0.25, 0.3) is 0 Å². The van der Waals surface area contributed by atoms with Crippen LogP contribution >= 0.6 is 15.9 Å². The highest BCUT2D eigenvalue weighted by molar-refractivity contribution is 9.09. The predicted octanol–water partition coefficient (Wildman–Crippen LogP) is 5.92. The normalized spacial score (nSPS) is 27.3. The van der Waals surface area contributed by atoms with Crippen molar-refractivity contribution in [2.24, 2.45) is 17.3 Å². The minimum absolute atomic E-state index is 0.0975. The van der Waals surface area contributed by atoms with Crippen LogP contribution in [0.15, 0.2) is 86.0 Å². The van der Waals surface area contributed by atoms with Gasteiger partial charge in [0, 0.05) is 29.1 Å². The fraction of sp³-hybridized carbons (Fsp3) is 0.500. The van der Waals surface area contributed by atoms with Crippen molar-refractivity contribution in [3.05, 3.63) is 91.5 Å². The SMILES string of the molecule is C=CCN(C(=O)[C@H]1[C@@H]2OC3(CC2Br)C(C(=O)N(CC=C)C(C)(C)CC(C)(C)C)N([C@H](CO)c2ccccc2)C(=O)[C@H]13)c1ccccc1. The number of anilines is 1. The highest BCUT2D eigenvalue weighted by Gasteiger charge is 2.77. The first-order valence-electron chi connectivity index (χ1n) is 16.4. The van der Waals surface area contributed by atoms with E-state index in [1.165, 1.54) is 4.90 Å². The molecule has 7 atom stereocenters. The first-order valence-corrected chi connectivity index (χ1v) is 17.3. The fourth-order valence-electron chi connectivity index (χ4n) is 8.54. The van der Waals surface area contributed by atoms with Gasteiger partial charge in [0.05, 0.1) is 30.6 Å². The largest absolute Gasteiger partial charge is 0.394 e. The highest BCUT2D eigenvalue weighted by atomic mass is 79.9. The van der Waals surface area contributed by atoms with Crippen LogP contribution in [0, 0.1) is 17.3 Å². The number of rotatable bonds is 12. The first kappa shape index (κ1) is 35.0. The zero-order valence-electron chi connectivity index (χ0n) is 28.1. The smallest absolute Gasteiger partial charge is 0.249 e. The summed E-state index contributed by atoms with van der Waals surface area (Å²) in [7, 11) is 0. The molecule has 1 N–H and O–H groups in total. The number of ether oxygens (including phenoxy) is 1. The van der Waals surface area contributed by atoms with E-state index in [0.717, 1.165) is 0 Å². The van der Waals surface area contributed by atoms with Gasteiger partial charge in [-0.1, -0.05) is 97.4 Å². The second-order valence-corrected chi connectivity index (χ2v) is 16.1. The number of hydrogen-bond acceptors (Lipinski definition) is 5. The number of fused-ring (bicyclic) bond motifs is 1. The number of carbonyl (C=O) groups excluding carboxylic acids is 3. The number of amides is 3. The van der Waals surface area contributed by atoms with Crippen LogP contribution in [-0.4, -0.2) is 80.4 Å². The minimum atomic E-state index is -1.29. The Morgan fingerprint density at radius 1 is 1.02 bits per heavy atom. The van der Waals surface area contributed by atoms with Crippen LogP contribution in [0.4, 0.5) is 5.69 Å². The summed E-state index contributed by atoms with van der Waals surface area (Å²) in [5.41, 5.74) is -0.605. The third kappa shape index (κ3) is 6.22. The van der Waals surface area contributed by atoms with Crippen LogP contribution in [0.2, 0.25) is 0 Å². The minimum Gasteiger partial charge on any atom is -0.394 e. The van der Waals surface area contributed by atoms with E-state index in [4.69, 9.17) is 4.74 Å². The molecule has 3 unspecified atom stereocenters. The summed E-state index contributed by atoms with van der Waals surface area (Å²) < 4.78 is 6.86. The van der Waals surface area contributed by atoms with E-state index in [2.05, 4.69) is 49.9 Å². The van der Waals surface area contributed by atoms with Crippen LogP contribution in [0.1, 0.15) is 59.1 Å². The number of aliphatic hydroxyl groups excluding tert-OH is 1. The van der Waals surface area contributed by atoms with E-state index >= 15 is 4.79 Å². The number of likely N-dealkylation sites (tertiary alicyclic amines) is 1. The van der Waals surface area contributed by atoms with Gasteiger partial charge in [0.2, 0.25) is 17.7 Å². The third-order valence-corrected chi connectivity index (χ3v) is 10.7. The molecule has 252 valence electrons. The van der Waals surface area contributed by atoms with Gasteiger partial charge >= 0.3 is 0 Å². The van der Waals surface area contributed by atoms with E-state index in [9.17, 15) is 14.7 Å². The molecule has 2 bridgehead atoms. The van der Waals surface area contributed by atoms with Crippen molar-refractivity contribution < 1.29 is 24.2 Å². The Morgan fingerprint density at radius 2 is 1.62 bits per heavy atom. The number of halogens is 1. The number of para-hydroxylation sites is 1. The summed E-state index contributed by atoms with van der Waals surface area (Å²) >= 11 is 3.81. The molecule has 2 aromatic carbocycles. The number of carbonyl (C=O) groups is 3. The highest BCUT2D eigenvalue weighted by Crippen LogP contribution is 2.62. The zero-order chi connectivity index (χ0) is 34.3. The Morgan fingerprint density at radius 3 is 2.17 bits per heavy atom. The van der Waals surface area contributed by atoms with Crippen molar-refractivity contribution >= 4 is 39.3 Å². The van der Waals surface area contributed by atoms with Gasteiger partial charge in [-0.3, -0.25) is 14.4 Å². The van der Waals surface area contributed by atoms with Gasteiger partial charge < -0.3 is 24.5 Å². The lowest BCUT2D eigenvalue weighted by atomic mass is 9.69. The molecule has 9 heteroatoms. The molecule has 5 rings (SSSR count). The number of nitrogens with zero attached hydrogens (tertiary/aromatic N) is 3. The van der Waals surface area contributed by atoms with Crippen molar-refractivity contribution in [3.63, 3.8) is 0 Å². The lowest BCUT2D eigenvalue weighted by molar-refractivity contribution is -0.155. The molecule has 47 heavy (non-hydrogen) atoms. The fourth-order valence-corrected chi connectivity index (χ4v) is 9.48. The van der Waals surface area contributed by atoms with E-state index in [-0.39, 0.29) is 41.1 Å². The van der Waals surface area contributed by atoms with Crippen LogP contribution in [0.3, 0.4) is 0 Å². The Hall–Kier alpha value is -3.27. The van der Waals surface area contributed by atoms with Crippen LogP contribution in [0.5, 0.6) is 0 Å². The van der Waals surface area contributed by atoms with Crippen molar-refractivity contribution in [1.29, 1.82) is 0 Å².